The van der Waals surface area contributed by atoms with E-state index < -0.39 is 0 Å². The summed E-state index contributed by atoms with van der Waals surface area (Å²) in [6, 6.07) is 3.97. The van der Waals surface area contributed by atoms with Crippen molar-refractivity contribution in [2.75, 3.05) is 7.05 Å². The average Bonchev–Trinajstić information content (AvgIpc) is 2.75. The number of hydrogen-bond donors (Lipinski definition) is 2. The first-order valence-electron chi connectivity index (χ1n) is 5.86. The maximum absolute atomic E-state index is 4.43. The van der Waals surface area contributed by atoms with E-state index in [4.69, 9.17) is 0 Å². The molecule has 0 aliphatic rings. The van der Waals surface area contributed by atoms with E-state index in [-0.39, 0.29) is 0 Å². The van der Waals surface area contributed by atoms with Crippen molar-refractivity contribution in [1.29, 1.82) is 0 Å². The molecule has 2 aromatic rings. The minimum atomic E-state index is 0.446. The number of rotatable bonds is 4. The Morgan fingerprint density at radius 2 is 2.00 bits per heavy atom. The van der Waals surface area contributed by atoms with Gasteiger partial charge in [-0.3, -0.25) is 10.1 Å². The van der Waals surface area contributed by atoms with Crippen molar-refractivity contribution in [3.05, 3.63) is 35.8 Å². The third kappa shape index (κ3) is 2.36. The summed E-state index contributed by atoms with van der Waals surface area (Å²) in [6.45, 7) is 5.16. The SMILES string of the molecule is CNCc1c(-c2ccncc2)n[nH]c1C(C)C. The summed E-state index contributed by atoms with van der Waals surface area (Å²) in [7, 11) is 1.95. The molecule has 0 bridgehead atoms. The molecule has 4 nitrogen and oxygen atoms in total. The maximum Gasteiger partial charge on any atom is 0.0969 e. The molecule has 4 heteroatoms. The Balaban J connectivity index is 2.47. The first kappa shape index (κ1) is 11.8. The van der Waals surface area contributed by atoms with Crippen LogP contribution in [0.25, 0.3) is 11.3 Å². The Bertz CT molecular complexity index is 473. The summed E-state index contributed by atoms with van der Waals surface area (Å²) < 4.78 is 0. The van der Waals surface area contributed by atoms with Crippen LogP contribution < -0.4 is 5.32 Å². The molecule has 2 aromatic heterocycles. The van der Waals surface area contributed by atoms with Crippen LogP contribution in [0.1, 0.15) is 31.0 Å². The second kappa shape index (κ2) is 5.10. The normalized spacial score (nSPS) is 11.1. The molecule has 2 N–H and O–H groups in total. The largest absolute Gasteiger partial charge is 0.316 e. The molecule has 0 radical (unpaired) electrons. The number of nitrogens with zero attached hydrogens (tertiary/aromatic N) is 2. The number of aromatic nitrogens is 3. The molecule has 0 atom stereocenters. The highest BCUT2D eigenvalue weighted by atomic mass is 15.1. The molecule has 90 valence electrons. The van der Waals surface area contributed by atoms with Gasteiger partial charge in [-0.25, -0.2) is 0 Å². The monoisotopic (exact) mass is 230 g/mol. The molecule has 0 aliphatic carbocycles. The van der Waals surface area contributed by atoms with Crippen LogP contribution in [0.2, 0.25) is 0 Å². The maximum atomic E-state index is 4.43. The van der Waals surface area contributed by atoms with Gasteiger partial charge in [0.1, 0.15) is 0 Å². The van der Waals surface area contributed by atoms with E-state index in [1.54, 1.807) is 12.4 Å². The van der Waals surface area contributed by atoms with E-state index in [0.717, 1.165) is 17.8 Å². The predicted octanol–water partition coefficient (Wildman–Crippen LogP) is 2.31. The van der Waals surface area contributed by atoms with Gasteiger partial charge in [0.2, 0.25) is 0 Å². The summed E-state index contributed by atoms with van der Waals surface area (Å²) in [5.41, 5.74) is 4.57. The predicted molar refractivity (Wildman–Crippen MR) is 68.7 cm³/mol. The third-order valence-corrected chi connectivity index (χ3v) is 2.78. The Kier molecular flexibility index (Phi) is 3.54. The van der Waals surface area contributed by atoms with Crippen LogP contribution >= 0.6 is 0 Å². The highest BCUT2D eigenvalue weighted by Crippen LogP contribution is 2.27. The minimum absolute atomic E-state index is 0.446. The molecule has 0 amide bonds. The molecule has 0 aliphatic heterocycles. The van der Waals surface area contributed by atoms with Crippen molar-refractivity contribution in [2.24, 2.45) is 0 Å². The Hall–Kier alpha value is -1.68. The van der Waals surface area contributed by atoms with E-state index in [9.17, 15) is 0 Å². The van der Waals surface area contributed by atoms with Gasteiger partial charge in [-0.1, -0.05) is 13.8 Å². The number of nitrogens with one attached hydrogen (secondary N) is 2. The molecule has 0 saturated carbocycles. The molecule has 0 spiro atoms. The van der Waals surface area contributed by atoms with Gasteiger partial charge >= 0.3 is 0 Å². The molecule has 0 saturated heterocycles. The second-order valence-electron chi connectivity index (χ2n) is 4.39. The van der Waals surface area contributed by atoms with E-state index in [1.807, 2.05) is 19.2 Å². The van der Waals surface area contributed by atoms with Crippen molar-refractivity contribution in [2.45, 2.75) is 26.3 Å². The molecule has 2 rings (SSSR count). The fourth-order valence-corrected chi connectivity index (χ4v) is 1.96. The third-order valence-electron chi connectivity index (χ3n) is 2.78. The lowest BCUT2D eigenvalue weighted by Gasteiger charge is -2.07. The zero-order valence-electron chi connectivity index (χ0n) is 10.5. The van der Waals surface area contributed by atoms with Gasteiger partial charge in [0, 0.05) is 35.8 Å². The molecule has 0 unspecified atom stereocenters. The van der Waals surface area contributed by atoms with Gasteiger partial charge in [0.25, 0.3) is 0 Å². The van der Waals surface area contributed by atoms with Crippen LogP contribution in [0.3, 0.4) is 0 Å². The standard InChI is InChI=1S/C13H18N4/c1-9(2)12-11(8-14-3)13(17-16-12)10-4-6-15-7-5-10/h4-7,9,14H,8H2,1-3H3,(H,16,17). The van der Waals surface area contributed by atoms with Crippen LogP contribution in [0.4, 0.5) is 0 Å². The Morgan fingerprint density at radius 1 is 1.29 bits per heavy atom. The Morgan fingerprint density at radius 3 is 2.59 bits per heavy atom. The fraction of sp³-hybridized carbons (Fsp3) is 0.385. The van der Waals surface area contributed by atoms with Crippen molar-refractivity contribution in [3.63, 3.8) is 0 Å². The van der Waals surface area contributed by atoms with Gasteiger partial charge in [-0.05, 0) is 25.1 Å². The number of H-pyrrole nitrogens is 1. The van der Waals surface area contributed by atoms with Crippen molar-refractivity contribution < 1.29 is 0 Å². The quantitative estimate of drug-likeness (QED) is 0.847. The van der Waals surface area contributed by atoms with E-state index in [2.05, 4.69) is 34.3 Å². The summed E-state index contributed by atoms with van der Waals surface area (Å²) in [5, 5.41) is 10.8. The summed E-state index contributed by atoms with van der Waals surface area (Å²) in [6.07, 6.45) is 3.59. The molecular formula is C13H18N4. The summed E-state index contributed by atoms with van der Waals surface area (Å²) in [5.74, 6) is 0.446. The Labute approximate surface area is 101 Å². The van der Waals surface area contributed by atoms with Crippen LogP contribution in [0.15, 0.2) is 24.5 Å². The molecule has 0 fully saturated rings. The summed E-state index contributed by atoms with van der Waals surface area (Å²) >= 11 is 0. The lowest BCUT2D eigenvalue weighted by molar-refractivity contribution is 0.760. The first-order chi connectivity index (χ1) is 8.24. The first-order valence-corrected chi connectivity index (χ1v) is 5.86. The lowest BCUT2D eigenvalue weighted by atomic mass is 10.0. The zero-order chi connectivity index (χ0) is 12.3. The molecular weight excluding hydrogens is 212 g/mol. The van der Waals surface area contributed by atoms with Crippen LogP contribution in [0.5, 0.6) is 0 Å². The number of hydrogen-bond acceptors (Lipinski definition) is 3. The van der Waals surface area contributed by atoms with Gasteiger partial charge in [-0.2, -0.15) is 5.10 Å². The minimum Gasteiger partial charge on any atom is -0.316 e. The number of aromatic amines is 1. The number of pyridine rings is 1. The van der Waals surface area contributed by atoms with Gasteiger partial charge in [-0.15, -0.1) is 0 Å². The fourth-order valence-electron chi connectivity index (χ4n) is 1.96. The topological polar surface area (TPSA) is 53.6 Å². The average molecular weight is 230 g/mol. The van der Waals surface area contributed by atoms with Crippen LogP contribution in [-0.2, 0) is 6.54 Å². The van der Waals surface area contributed by atoms with Gasteiger partial charge < -0.3 is 5.32 Å². The van der Waals surface area contributed by atoms with Gasteiger partial charge in [0.05, 0.1) is 5.69 Å². The molecule has 2 heterocycles. The second-order valence-corrected chi connectivity index (χ2v) is 4.39. The summed E-state index contributed by atoms with van der Waals surface area (Å²) in [4.78, 5) is 4.03. The van der Waals surface area contributed by atoms with Crippen molar-refractivity contribution >= 4 is 0 Å². The van der Waals surface area contributed by atoms with E-state index >= 15 is 0 Å². The van der Waals surface area contributed by atoms with Crippen LogP contribution in [0, 0.1) is 0 Å². The van der Waals surface area contributed by atoms with E-state index in [1.165, 1.54) is 11.3 Å². The smallest absolute Gasteiger partial charge is 0.0969 e. The van der Waals surface area contributed by atoms with Crippen molar-refractivity contribution in [3.8, 4) is 11.3 Å². The molecule has 17 heavy (non-hydrogen) atoms. The van der Waals surface area contributed by atoms with Crippen LogP contribution in [-0.4, -0.2) is 22.2 Å². The highest BCUT2D eigenvalue weighted by molar-refractivity contribution is 5.63. The lowest BCUT2D eigenvalue weighted by Crippen LogP contribution is -2.08. The van der Waals surface area contributed by atoms with Crippen molar-refractivity contribution in [1.82, 2.24) is 20.5 Å². The molecule has 0 aromatic carbocycles. The zero-order valence-corrected chi connectivity index (χ0v) is 10.5. The highest BCUT2D eigenvalue weighted by Gasteiger charge is 2.15. The van der Waals surface area contributed by atoms with E-state index in [0.29, 0.717) is 5.92 Å². The van der Waals surface area contributed by atoms with Gasteiger partial charge in [0.15, 0.2) is 0 Å².